The van der Waals surface area contributed by atoms with Crippen LogP contribution in [-0.2, 0) is 11.8 Å². The van der Waals surface area contributed by atoms with E-state index in [2.05, 4.69) is 20.7 Å². The largest absolute Gasteiger partial charge is 0.317 e. The second-order valence-electron chi connectivity index (χ2n) is 7.05. The van der Waals surface area contributed by atoms with Gasteiger partial charge in [-0.25, -0.2) is 4.68 Å². The fraction of sp³-hybridized carbons (Fsp3) is 0.824. The second-order valence-corrected chi connectivity index (χ2v) is 7.05. The van der Waals surface area contributed by atoms with Crippen molar-refractivity contribution in [2.45, 2.75) is 63.7 Å². The van der Waals surface area contributed by atoms with Gasteiger partial charge in [0.2, 0.25) is 11.9 Å². The molecule has 3 rings (SSSR count). The zero-order valence-electron chi connectivity index (χ0n) is 14.6. The van der Waals surface area contributed by atoms with Crippen LogP contribution in [0.1, 0.15) is 69.5 Å². The van der Waals surface area contributed by atoms with Crippen molar-refractivity contribution in [1.29, 1.82) is 0 Å². The maximum atomic E-state index is 12.3. The van der Waals surface area contributed by atoms with Crippen LogP contribution >= 0.6 is 12.4 Å². The van der Waals surface area contributed by atoms with Gasteiger partial charge in [-0.15, -0.1) is 12.4 Å². The number of aromatic nitrogens is 3. The molecule has 1 aliphatic carbocycles. The molecule has 0 unspecified atom stereocenters. The minimum atomic E-state index is 0. The molecule has 0 bridgehead atoms. The predicted octanol–water partition coefficient (Wildman–Crippen LogP) is 3.00. The second kappa shape index (κ2) is 9.37. The Morgan fingerprint density at radius 1 is 1.17 bits per heavy atom. The lowest BCUT2D eigenvalue weighted by molar-refractivity contribution is -0.117. The van der Waals surface area contributed by atoms with Crippen molar-refractivity contribution in [1.82, 2.24) is 20.1 Å². The van der Waals surface area contributed by atoms with E-state index >= 15 is 0 Å². The van der Waals surface area contributed by atoms with Crippen molar-refractivity contribution in [2.24, 2.45) is 13.0 Å². The van der Waals surface area contributed by atoms with Crippen LogP contribution in [0.4, 0.5) is 5.95 Å². The summed E-state index contributed by atoms with van der Waals surface area (Å²) in [6.45, 7) is 2.04. The van der Waals surface area contributed by atoms with Crippen molar-refractivity contribution >= 4 is 24.3 Å². The number of hydrogen-bond acceptors (Lipinski definition) is 4. The van der Waals surface area contributed by atoms with Crippen LogP contribution in [-0.4, -0.2) is 33.8 Å². The summed E-state index contributed by atoms with van der Waals surface area (Å²) in [4.78, 5) is 16.9. The summed E-state index contributed by atoms with van der Waals surface area (Å²) < 4.78 is 1.71. The van der Waals surface area contributed by atoms with Crippen LogP contribution in [0.2, 0.25) is 0 Å². The van der Waals surface area contributed by atoms with Crippen molar-refractivity contribution in [3.63, 3.8) is 0 Å². The number of hydrogen-bond donors (Lipinski definition) is 2. The molecule has 0 aromatic carbocycles. The number of halogens is 1. The van der Waals surface area contributed by atoms with E-state index in [9.17, 15) is 4.79 Å². The van der Waals surface area contributed by atoms with Crippen LogP contribution in [0.5, 0.6) is 0 Å². The summed E-state index contributed by atoms with van der Waals surface area (Å²) >= 11 is 0. The molecule has 2 aliphatic rings. The molecule has 1 aromatic heterocycles. The van der Waals surface area contributed by atoms with Crippen molar-refractivity contribution in [2.75, 3.05) is 18.4 Å². The zero-order chi connectivity index (χ0) is 16.1. The summed E-state index contributed by atoms with van der Waals surface area (Å²) in [6, 6.07) is 0. The molecule has 0 radical (unpaired) electrons. The van der Waals surface area contributed by atoms with Gasteiger partial charge in [0.15, 0.2) is 5.82 Å². The van der Waals surface area contributed by atoms with Crippen LogP contribution in [0, 0.1) is 5.92 Å². The number of carbonyl (C=O) groups is 1. The average Bonchev–Trinajstić information content (AvgIpc) is 2.75. The average molecular weight is 356 g/mol. The Bertz CT molecular complexity index is 519. The van der Waals surface area contributed by atoms with E-state index in [0.29, 0.717) is 24.2 Å². The molecule has 0 spiro atoms. The highest BCUT2D eigenvalue weighted by Crippen LogP contribution is 2.26. The van der Waals surface area contributed by atoms with Gasteiger partial charge in [0.25, 0.3) is 0 Å². The number of anilines is 1. The van der Waals surface area contributed by atoms with E-state index in [-0.39, 0.29) is 18.3 Å². The predicted molar refractivity (Wildman–Crippen MR) is 97.5 cm³/mol. The fourth-order valence-corrected chi connectivity index (χ4v) is 3.77. The highest BCUT2D eigenvalue weighted by molar-refractivity contribution is 5.89. The number of rotatable bonds is 4. The van der Waals surface area contributed by atoms with Crippen LogP contribution < -0.4 is 10.6 Å². The van der Waals surface area contributed by atoms with Gasteiger partial charge < -0.3 is 5.32 Å². The van der Waals surface area contributed by atoms with E-state index in [1.807, 2.05) is 7.05 Å². The first-order valence-electron chi connectivity index (χ1n) is 9.14. The third kappa shape index (κ3) is 5.18. The molecule has 2 fully saturated rings. The van der Waals surface area contributed by atoms with E-state index in [1.165, 1.54) is 38.5 Å². The highest BCUT2D eigenvalue weighted by Gasteiger charge is 2.22. The maximum absolute atomic E-state index is 12.3. The van der Waals surface area contributed by atoms with Crippen molar-refractivity contribution < 1.29 is 4.79 Å². The molecule has 1 amide bonds. The van der Waals surface area contributed by atoms with Crippen LogP contribution in [0.25, 0.3) is 0 Å². The number of piperidine rings is 1. The summed E-state index contributed by atoms with van der Waals surface area (Å²) in [7, 11) is 1.86. The molecular weight excluding hydrogens is 326 g/mol. The molecule has 7 heteroatoms. The molecule has 2 N–H and O–H groups in total. The minimum absolute atomic E-state index is 0. The zero-order valence-corrected chi connectivity index (χ0v) is 15.4. The Morgan fingerprint density at radius 3 is 2.50 bits per heavy atom. The number of amides is 1. The molecule has 0 atom stereocenters. The molecule has 136 valence electrons. The quantitative estimate of drug-likeness (QED) is 0.814. The number of nitrogens with zero attached hydrogens (tertiary/aromatic N) is 3. The topological polar surface area (TPSA) is 71.8 Å². The van der Waals surface area contributed by atoms with Crippen molar-refractivity contribution in [3.8, 4) is 0 Å². The Labute approximate surface area is 150 Å². The van der Waals surface area contributed by atoms with Gasteiger partial charge >= 0.3 is 0 Å². The van der Waals surface area contributed by atoms with Crippen molar-refractivity contribution in [3.05, 3.63) is 5.82 Å². The minimum Gasteiger partial charge on any atom is -0.317 e. The van der Waals surface area contributed by atoms with Gasteiger partial charge in [0, 0.05) is 19.4 Å². The maximum Gasteiger partial charge on any atom is 0.227 e. The molecule has 2 heterocycles. The van der Waals surface area contributed by atoms with E-state index < -0.39 is 0 Å². The smallest absolute Gasteiger partial charge is 0.227 e. The Morgan fingerprint density at radius 2 is 1.83 bits per heavy atom. The molecule has 1 saturated heterocycles. The summed E-state index contributed by atoms with van der Waals surface area (Å²) in [5.41, 5.74) is 0. The third-order valence-corrected chi connectivity index (χ3v) is 5.18. The first kappa shape index (κ1) is 19.2. The fourth-order valence-electron chi connectivity index (χ4n) is 3.77. The lowest BCUT2D eigenvalue weighted by Crippen LogP contribution is -2.27. The molecular formula is C17H30ClN5O. The van der Waals surface area contributed by atoms with Crippen LogP contribution in [0.3, 0.4) is 0 Å². The first-order chi connectivity index (χ1) is 11.2. The van der Waals surface area contributed by atoms with Gasteiger partial charge in [0.1, 0.15) is 0 Å². The monoisotopic (exact) mass is 355 g/mol. The van der Waals surface area contributed by atoms with E-state index in [4.69, 9.17) is 0 Å². The van der Waals surface area contributed by atoms with E-state index in [1.54, 1.807) is 4.68 Å². The van der Waals surface area contributed by atoms with Crippen LogP contribution in [0.15, 0.2) is 0 Å². The van der Waals surface area contributed by atoms with Gasteiger partial charge in [-0.3, -0.25) is 10.1 Å². The van der Waals surface area contributed by atoms with Gasteiger partial charge in [-0.2, -0.15) is 10.1 Å². The summed E-state index contributed by atoms with van der Waals surface area (Å²) in [5, 5.41) is 10.8. The van der Waals surface area contributed by atoms with Gasteiger partial charge in [-0.05, 0) is 44.7 Å². The first-order valence-corrected chi connectivity index (χ1v) is 9.14. The third-order valence-electron chi connectivity index (χ3n) is 5.18. The van der Waals surface area contributed by atoms with Gasteiger partial charge in [-0.1, -0.05) is 25.7 Å². The molecule has 1 aliphatic heterocycles. The molecule has 1 saturated carbocycles. The lowest BCUT2D eigenvalue weighted by Gasteiger charge is -2.19. The molecule has 6 nitrogen and oxygen atoms in total. The number of aryl methyl sites for hydroxylation is 1. The van der Waals surface area contributed by atoms with E-state index in [0.717, 1.165) is 31.8 Å². The Balaban J connectivity index is 0.00000208. The molecule has 1 aromatic rings. The molecule has 24 heavy (non-hydrogen) atoms. The van der Waals surface area contributed by atoms with Gasteiger partial charge in [0.05, 0.1) is 0 Å². The standard InChI is InChI=1S/C17H29N5O.ClH/c1-22-17(20-16(21-22)14-8-10-18-11-9-14)19-15(23)12-13-6-4-2-3-5-7-13;/h13-14,18H,2-12H2,1H3,(H,19,20,21,23);1H. The Hall–Kier alpha value is -1.14. The Kier molecular flexibility index (Phi) is 7.49. The SMILES string of the molecule is Cl.Cn1nc(C2CCNCC2)nc1NC(=O)CC1CCCCCC1. The number of nitrogens with one attached hydrogen (secondary N) is 2. The summed E-state index contributed by atoms with van der Waals surface area (Å²) in [5.74, 6) is 2.50. The summed E-state index contributed by atoms with van der Waals surface area (Å²) in [6.07, 6.45) is 10.3. The number of carbonyl (C=O) groups excluding carboxylic acids is 1. The highest BCUT2D eigenvalue weighted by atomic mass is 35.5. The lowest BCUT2D eigenvalue weighted by atomic mass is 9.96. The normalized spacial score (nSPS) is 20.2.